The summed E-state index contributed by atoms with van der Waals surface area (Å²) in [4.78, 5) is 13.6. The zero-order valence-corrected chi connectivity index (χ0v) is 13.8. The van der Waals surface area contributed by atoms with E-state index < -0.39 is 17.6 Å². The fourth-order valence-corrected chi connectivity index (χ4v) is 1.93. The molecule has 0 fully saturated rings. The number of alkyl halides is 3. The van der Waals surface area contributed by atoms with E-state index in [1.807, 2.05) is 0 Å². The number of para-hydroxylation sites is 1. The SMILES string of the molecule is CC(CN)N(C)C(=O)c1cn(-c2ccccc2C(F)(F)F)nn1.Cl. The van der Waals surface area contributed by atoms with Crippen molar-refractivity contribution in [2.75, 3.05) is 13.6 Å². The van der Waals surface area contributed by atoms with Gasteiger partial charge in [-0.2, -0.15) is 13.2 Å². The summed E-state index contributed by atoms with van der Waals surface area (Å²) in [6, 6.07) is 4.72. The topological polar surface area (TPSA) is 77.0 Å². The maximum absolute atomic E-state index is 13.0. The van der Waals surface area contributed by atoms with E-state index in [1.165, 1.54) is 29.3 Å². The molecule has 1 unspecified atom stereocenters. The van der Waals surface area contributed by atoms with Gasteiger partial charge in [-0.3, -0.25) is 4.79 Å². The molecule has 1 amide bonds. The third-order valence-electron chi connectivity index (χ3n) is 3.49. The zero-order valence-electron chi connectivity index (χ0n) is 13.0. The third-order valence-corrected chi connectivity index (χ3v) is 3.49. The standard InChI is InChI=1S/C14H16F3N5O.ClH/c1-9(7-18)21(2)13(23)11-8-22(20-19-11)12-6-4-3-5-10(12)14(15,16)17;/h3-6,8-9H,7,18H2,1-2H3;1H. The van der Waals surface area contributed by atoms with Crippen molar-refractivity contribution in [1.82, 2.24) is 19.9 Å². The van der Waals surface area contributed by atoms with Crippen molar-refractivity contribution in [2.24, 2.45) is 5.73 Å². The number of hydrogen-bond acceptors (Lipinski definition) is 4. The Balaban J connectivity index is 0.00000288. The van der Waals surface area contributed by atoms with Crippen molar-refractivity contribution in [2.45, 2.75) is 19.1 Å². The lowest BCUT2D eigenvalue weighted by Crippen LogP contribution is -2.39. The third kappa shape index (κ3) is 4.04. The molecule has 0 spiro atoms. The second kappa shape index (κ2) is 7.63. The highest BCUT2D eigenvalue weighted by Gasteiger charge is 2.34. The second-order valence-electron chi connectivity index (χ2n) is 5.06. The molecule has 0 aliphatic carbocycles. The van der Waals surface area contributed by atoms with Gasteiger partial charge in [0.1, 0.15) is 0 Å². The first-order valence-corrected chi connectivity index (χ1v) is 6.82. The number of nitrogens with zero attached hydrogens (tertiary/aromatic N) is 4. The Morgan fingerprint density at radius 1 is 1.38 bits per heavy atom. The monoisotopic (exact) mass is 363 g/mol. The van der Waals surface area contributed by atoms with Crippen molar-refractivity contribution in [3.8, 4) is 5.69 Å². The average molecular weight is 364 g/mol. The molecule has 1 aromatic carbocycles. The summed E-state index contributed by atoms with van der Waals surface area (Å²) in [7, 11) is 1.54. The molecule has 132 valence electrons. The van der Waals surface area contributed by atoms with Crippen LogP contribution in [0.2, 0.25) is 0 Å². The van der Waals surface area contributed by atoms with E-state index in [-0.39, 0.29) is 36.4 Å². The van der Waals surface area contributed by atoms with Gasteiger partial charge in [0.2, 0.25) is 0 Å². The van der Waals surface area contributed by atoms with Crippen molar-refractivity contribution in [3.63, 3.8) is 0 Å². The molecule has 1 atom stereocenters. The number of carbonyl (C=O) groups is 1. The van der Waals surface area contributed by atoms with Gasteiger partial charge in [-0.05, 0) is 19.1 Å². The number of hydrogen-bond donors (Lipinski definition) is 1. The highest BCUT2D eigenvalue weighted by atomic mass is 35.5. The molecule has 0 aliphatic rings. The summed E-state index contributed by atoms with van der Waals surface area (Å²) < 4.78 is 40.0. The van der Waals surface area contributed by atoms with Crippen LogP contribution in [0.25, 0.3) is 5.69 Å². The summed E-state index contributed by atoms with van der Waals surface area (Å²) in [5.74, 6) is -0.460. The van der Waals surface area contributed by atoms with Crippen molar-refractivity contribution in [1.29, 1.82) is 0 Å². The summed E-state index contributed by atoms with van der Waals surface area (Å²) in [6.07, 6.45) is -3.36. The molecule has 2 aromatic rings. The Labute approximate surface area is 142 Å². The fraction of sp³-hybridized carbons (Fsp3) is 0.357. The number of rotatable bonds is 4. The van der Waals surface area contributed by atoms with Crippen LogP contribution in [0, 0.1) is 0 Å². The zero-order chi connectivity index (χ0) is 17.2. The largest absolute Gasteiger partial charge is 0.418 e. The smallest absolute Gasteiger partial charge is 0.336 e. The van der Waals surface area contributed by atoms with Crippen LogP contribution in [0.1, 0.15) is 23.0 Å². The summed E-state index contributed by atoms with van der Waals surface area (Å²) in [6.45, 7) is 2.01. The van der Waals surface area contributed by atoms with Crippen LogP contribution in [0.5, 0.6) is 0 Å². The molecule has 1 aromatic heterocycles. The summed E-state index contributed by atoms with van der Waals surface area (Å²) in [5, 5.41) is 7.30. The van der Waals surface area contributed by atoms with Gasteiger partial charge in [-0.25, -0.2) is 4.68 Å². The molecule has 10 heteroatoms. The molecule has 1 heterocycles. The number of amides is 1. The van der Waals surface area contributed by atoms with E-state index in [0.29, 0.717) is 0 Å². The van der Waals surface area contributed by atoms with E-state index >= 15 is 0 Å². The van der Waals surface area contributed by atoms with Crippen molar-refractivity contribution in [3.05, 3.63) is 41.7 Å². The molecular formula is C14H17ClF3N5O. The van der Waals surface area contributed by atoms with E-state index in [9.17, 15) is 18.0 Å². The highest BCUT2D eigenvalue weighted by molar-refractivity contribution is 5.92. The Morgan fingerprint density at radius 3 is 2.58 bits per heavy atom. The van der Waals surface area contributed by atoms with Crippen LogP contribution in [0.3, 0.4) is 0 Å². The molecule has 2 rings (SSSR count). The average Bonchev–Trinajstić information content (AvgIpc) is 3.01. The minimum Gasteiger partial charge on any atom is -0.336 e. The van der Waals surface area contributed by atoms with Crippen molar-refractivity contribution < 1.29 is 18.0 Å². The number of halogens is 4. The normalized spacial score (nSPS) is 12.4. The van der Waals surface area contributed by atoms with Gasteiger partial charge in [0, 0.05) is 19.6 Å². The molecule has 0 bridgehead atoms. The van der Waals surface area contributed by atoms with Gasteiger partial charge in [0.25, 0.3) is 5.91 Å². The molecule has 0 aliphatic heterocycles. The molecule has 2 N–H and O–H groups in total. The Hall–Kier alpha value is -2.13. The molecular weight excluding hydrogens is 347 g/mol. The van der Waals surface area contributed by atoms with E-state index in [2.05, 4.69) is 10.3 Å². The van der Waals surface area contributed by atoms with Crippen LogP contribution < -0.4 is 5.73 Å². The first-order valence-electron chi connectivity index (χ1n) is 6.82. The minimum absolute atomic E-state index is 0. The van der Waals surface area contributed by atoms with E-state index in [4.69, 9.17) is 5.73 Å². The maximum Gasteiger partial charge on any atom is 0.418 e. The van der Waals surface area contributed by atoms with Gasteiger partial charge in [0.05, 0.1) is 17.4 Å². The van der Waals surface area contributed by atoms with Crippen LogP contribution in [0.4, 0.5) is 13.2 Å². The quantitative estimate of drug-likeness (QED) is 0.902. The molecule has 24 heavy (non-hydrogen) atoms. The minimum atomic E-state index is -4.53. The lowest BCUT2D eigenvalue weighted by atomic mass is 10.1. The Morgan fingerprint density at radius 2 is 2.00 bits per heavy atom. The van der Waals surface area contributed by atoms with Crippen LogP contribution >= 0.6 is 12.4 Å². The first-order chi connectivity index (χ1) is 10.8. The van der Waals surface area contributed by atoms with E-state index in [0.717, 1.165) is 10.7 Å². The molecule has 6 nitrogen and oxygen atoms in total. The van der Waals surface area contributed by atoms with Gasteiger partial charge in [-0.15, -0.1) is 17.5 Å². The number of carbonyl (C=O) groups excluding carboxylic acids is 1. The molecule has 0 radical (unpaired) electrons. The van der Waals surface area contributed by atoms with Gasteiger partial charge in [0.15, 0.2) is 5.69 Å². The predicted molar refractivity (Wildman–Crippen MR) is 84.2 cm³/mol. The van der Waals surface area contributed by atoms with Crippen LogP contribution in [0.15, 0.2) is 30.5 Å². The van der Waals surface area contributed by atoms with Crippen molar-refractivity contribution >= 4 is 18.3 Å². The van der Waals surface area contributed by atoms with Crippen LogP contribution in [-0.2, 0) is 6.18 Å². The lowest BCUT2D eigenvalue weighted by Gasteiger charge is -2.22. The Kier molecular flexibility index (Phi) is 6.33. The highest BCUT2D eigenvalue weighted by Crippen LogP contribution is 2.33. The summed E-state index contributed by atoms with van der Waals surface area (Å²) in [5.41, 5.74) is 4.39. The number of benzene rings is 1. The predicted octanol–water partition coefficient (Wildman–Crippen LogP) is 2.13. The number of nitrogens with two attached hydrogens (primary N) is 1. The fourth-order valence-electron chi connectivity index (χ4n) is 1.93. The number of likely N-dealkylation sites (N-methyl/N-ethyl adjacent to an activating group) is 1. The molecule has 0 saturated heterocycles. The van der Waals surface area contributed by atoms with Gasteiger partial charge >= 0.3 is 6.18 Å². The lowest BCUT2D eigenvalue weighted by molar-refractivity contribution is -0.137. The van der Waals surface area contributed by atoms with Gasteiger partial charge in [-0.1, -0.05) is 17.3 Å². The first kappa shape index (κ1) is 19.9. The maximum atomic E-state index is 13.0. The second-order valence-corrected chi connectivity index (χ2v) is 5.06. The summed E-state index contributed by atoms with van der Waals surface area (Å²) >= 11 is 0. The Bertz CT molecular complexity index is 704. The van der Waals surface area contributed by atoms with E-state index in [1.54, 1.807) is 14.0 Å². The molecule has 0 saturated carbocycles. The van der Waals surface area contributed by atoms with Gasteiger partial charge < -0.3 is 10.6 Å². The van der Waals surface area contributed by atoms with Crippen LogP contribution in [-0.4, -0.2) is 45.4 Å². The number of aromatic nitrogens is 3.